The van der Waals surface area contributed by atoms with Gasteiger partial charge in [0.05, 0.1) is 28.1 Å². The first kappa shape index (κ1) is 19.4. The Labute approximate surface area is 188 Å². The number of imidazole rings is 1. The van der Waals surface area contributed by atoms with Crippen LogP contribution in [0.5, 0.6) is 0 Å². The molecule has 2 aromatic carbocycles. The minimum Gasteiger partial charge on any atom is -0.324 e. The van der Waals surface area contributed by atoms with Gasteiger partial charge in [-0.25, -0.2) is 9.48 Å². The third-order valence-electron chi connectivity index (χ3n) is 6.72. The van der Waals surface area contributed by atoms with Crippen molar-refractivity contribution in [3.63, 3.8) is 0 Å². The molecular formula is C24H22ClN5O2. The number of halogens is 1. The lowest BCUT2D eigenvalue weighted by Gasteiger charge is -2.09. The molecule has 0 radical (unpaired) electrons. The van der Waals surface area contributed by atoms with E-state index in [9.17, 15) is 9.59 Å². The predicted molar refractivity (Wildman–Crippen MR) is 124 cm³/mol. The molecule has 0 aliphatic heterocycles. The maximum Gasteiger partial charge on any atom is 0.323 e. The molecule has 0 saturated heterocycles. The molecule has 2 aliphatic carbocycles. The summed E-state index contributed by atoms with van der Waals surface area (Å²) in [6, 6.07) is 15.2. The summed E-state index contributed by atoms with van der Waals surface area (Å²) in [7, 11) is 0. The van der Waals surface area contributed by atoms with Gasteiger partial charge in [0.15, 0.2) is 0 Å². The summed E-state index contributed by atoms with van der Waals surface area (Å²) in [5.41, 5.74) is 4.74. The Bertz CT molecular complexity index is 1430. The molecule has 0 spiro atoms. The van der Waals surface area contributed by atoms with Crippen molar-refractivity contribution in [2.45, 2.75) is 37.5 Å². The Morgan fingerprint density at radius 2 is 2.00 bits per heavy atom. The first-order chi connectivity index (χ1) is 15.4. The lowest BCUT2D eigenvalue weighted by Crippen LogP contribution is -2.15. The van der Waals surface area contributed by atoms with Gasteiger partial charge in [-0.1, -0.05) is 30.7 Å². The van der Waals surface area contributed by atoms with Crippen LogP contribution in [0.15, 0.2) is 53.3 Å². The summed E-state index contributed by atoms with van der Waals surface area (Å²) < 4.78 is 1.95. The van der Waals surface area contributed by atoms with E-state index in [2.05, 4.69) is 28.3 Å². The molecule has 2 aromatic heterocycles. The summed E-state index contributed by atoms with van der Waals surface area (Å²) in [6.45, 7) is 2.23. The van der Waals surface area contributed by atoms with Crippen LogP contribution in [0.4, 0.5) is 5.69 Å². The van der Waals surface area contributed by atoms with Crippen LogP contribution in [0.3, 0.4) is 0 Å². The molecule has 2 heterocycles. The number of nitrogens with one attached hydrogen (secondary N) is 3. The smallest absolute Gasteiger partial charge is 0.323 e. The molecule has 162 valence electrons. The van der Waals surface area contributed by atoms with Gasteiger partial charge in [-0.05, 0) is 55.7 Å². The van der Waals surface area contributed by atoms with Crippen LogP contribution in [0, 0.1) is 5.92 Å². The van der Waals surface area contributed by atoms with E-state index in [1.54, 1.807) is 12.1 Å². The fraction of sp³-hybridized carbons (Fsp3) is 0.292. The average Bonchev–Trinajstić information content (AvgIpc) is 3.63. The van der Waals surface area contributed by atoms with E-state index >= 15 is 0 Å². The van der Waals surface area contributed by atoms with Crippen molar-refractivity contribution in [3.8, 4) is 5.69 Å². The summed E-state index contributed by atoms with van der Waals surface area (Å²) in [5, 5.41) is 8.57. The van der Waals surface area contributed by atoms with E-state index in [4.69, 9.17) is 16.7 Å². The summed E-state index contributed by atoms with van der Waals surface area (Å²) in [5.74, 6) is -0.116. The minimum atomic E-state index is -0.294. The largest absolute Gasteiger partial charge is 0.324 e. The van der Waals surface area contributed by atoms with Crippen LogP contribution in [0.25, 0.3) is 16.7 Å². The third-order valence-corrected chi connectivity index (χ3v) is 6.96. The SMILES string of the molecule is CC1(c2cc(C3CC3C(=O)Nc3cccc4[nH]c(=O)[nH]c34)n(-c3cccc(Cl)c3)n2)CC1. The van der Waals surface area contributed by atoms with E-state index in [0.717, 1.165) is 36.3 Å². The first-order valence-corrected chi connectivity index (χ1v) is 11.2. The van der Waals surface area contributed by atoms with Gasteiger partial charge in [0.1, 0.15) is 0 Å². The highest BCUT2D eigenvalue weighted by Gasteiger charge is 2.48. The van der Waals surface area contributed by atoms with Crippen LogP contribution in [0.1, 0.15) is 43.5 Å². The molecule has 32 heavy (non-hydrogen) atoms. The topological polar surface area (TPSA) is 95.6 Å². The maximum atomic E-state index is 13.1. The number of benzene rings is 2. The number of hydrogen-bond donors (Lipinski definition) is 3. The van der Waals surface area contributed by atoms with E-state index in [-0.39, 0.29) is 28.8 Å². The van der Waals surface area contributed by atoms with E-state index in [1.165, 1.54) is 0 Å². The zero-order valence-electron chi connectivity index (χ0n) is 17.5. The standard InChI is InChI=1S/C24H22ClN5O2/c1-24(8-9-24)20-12-19(30(29-20)14-5-2-4-13(25)10-14)15-11-16(15)22(31)26-17-6-3-7-18-21(17)28-23(32)27-18/h2-7,10,12,15-16H,8-9,11H2,1H3,(H,26,31)(H2,27,28,32). The monoisotopic (exact) mass is 447 g/mol. The Morgan fingerprint density at radius 3 is 2.78 bits per heavy atom. The molecule has 4 aromatic rings. The zero-order valence-corrected chi connectivity index (χ0v) is 18.2. The number of aromatic nitrogens is 4. The number of H-pyrrole nitrogens is 2. The number of anilines is 1. The average molecular weight is 448 g/mol. The van der Waals surface area contributed by atoms with Gasteiger partial charge < -0.3 is 15.3 Å². The van der Waals surface area contributed by atoms with Crippen LogP contribution in [0.2, 0.25) is 5.02 Å². The Hall–Kier alpha value is -3.32. The molecular weight excluding hydrogens is 426 g/mol. The van der Waals surface area contributed by atoms with Crippen LogP contribution in [-0.4, -0.2) is 25.7 Å². The summed E-state index contributed by atoms with van der Waals surface area (Å²) in [4.78, 5) is 30.2. The number of nitrogens with zero attached hydrogens (tertiary/aromatic N) is 2. The number of rotatable bonds is 5. The number of hydrogen-bond acceptors (Lipinski definition) is 3. The molecule has 2 atom stereocenters. The molecule has 6 rings (SSSR count). The molecule has 0 bridgehead atoms. The van der Waals surface area contributed by atoms with Crippen molar-refractivity contribution in [2.24, 2.45) is 5.92 Å². The normalized spacial score (nSPS) is 20.9. The van der Waals surface area contributed by atoms with E-state index in [0.29, 0.717) is 21.7 Å². The number of aromatic amines is 2. The summed E-state index contributed by atoms with van der Waals surface area (Å²) in [6.07, 6.45) is 3.02. The van der Waals surface area contributed by atoms with Gasteiger partial charge in [0, 0.05) is 28.0 Å². The molecule has 2 fully saturated rings. The quantitative estimate of drug-likeness (QED) is 0.420. The minimum absolute atomic E-state index is 0.0532. The van der Waals surface area contributed by atoms with Gasteiger partial charge in [0.25, 0.3) is 0 Å². The van der Waals surface area contributed by atoms with Crippen molar-refractivity contribution < 1.29 is 4.79 Å². The number of carbonyl (C=O) groups excluding carboxylic acids is 1. The highest BCUT2D eigenvalue weighted by atomic mass is 35.5. The maximum absolute atomic E-state index is 13.1. The molecule has 2 aliphatic rings. The van der Waals surface area contributed by atoms with Crippen LogP contribution in [-0.2, 0) is 10.2 Å². The predicted octanol–water partition coefficient (Wildman–Crippen LogP) is 4.49. The Kier molecular flexibility index (Phi) is 4.14. The molecule has 1 amide bonds. The number of amides is 1. The fourth-order valence-electron chi connectivity index (χ4n) is 4.41. The first-order valence-electron chi connectivity index (χ1n) is 10.8. The number of carbonyl (C=O) groups is 1. The highest BCUT2D eigenvalue weighted by molar-refractivity contribution is 6.30. The Balaban J connectivity index is 1.30. The lowest BCUT2D eigenvalue weighted by molar-refractivity contribution is -0.117. The van der Waals surface area contributed by atoms with Crippen LogP contribution >= 0.6 is 11.6 Å². The van der Waals surface area contributed by atoms with Gasteiger partial charge in [-0.2, -0.15) is 5.10 Å². The number of para-hydroxylation sites is 1. The van der Waals surface area contributed by atoms with Crippen molar-refractivity contribution in [2.75, 3.05) is 5.32 Å². The fourth-order valence-corrected chi connectivity index (χ4v) is 4.60. The van der Waals surface area contributed by atoms with Gasteiger partial charge >= 0.3 is 5.69 Å². The lowest BCUT2D eigenvalue weighted by atomic mass is 10.0. The van der Waals surface area contributed by atoms with Crippen molar-refractivity contribution >= 4 is 34.2 Å². The zero-order chi connectivity index (χ0) is 22.0. The van der Waals surface area contributed by atoms with Crippen LogP contribution < -0.4 is 11.0 Å². The number of fused-ring (bicyclic) bond motifs is 1. The molecule has 2 unspecified atom stereocenters. The molecule has 7 nitrogen and oxygen atoms in total. The van der Waals surface area contributed by atoms with E-state index in [1.807, 2.05) is 35.0 Å². The van der Waals surface area contributed by atoms with Gasteiger partial charge in [-0.15, -0.1) is 0 Å². The second-order valence-electron chi connectivity index (χ2n) is 9.15. The highest BCUT2D eigenvalue weighted by Crippen LogP contribution is 2.52. The molecule has 3 N–H and O–H groups in total. The molecule has 8 heteroatoms. The second-order valence-corrected chi connectivity index (χ2v) is 9.59. The third kappa shape index (κ3) is 3.24. The summed E-state index contributed by atoms with van der Waals surface area (Å²) >= 11 is 6.24. The van der Waals surface area contributed by atoms with Crippen molar-refractivity contribution in [1.82, 2.24) is 19.7 Å². The van der Waals surface area contributed by atoms with Gasteiger partial charge in [0.2, 0.25) is 5.91 Å². The van der Waals surface area contributed by atoms with Crippen molar-refractivity contribution in [3.05, 3.63) is 75.4 Å². The van der Waals surface area contributed by atoms with Crippen molar-refractivity contribution in [1.29, 1.82) is 0 Å². The molecule has 2 saturated carbocycles. The van der Waals surface area contributed by atoms with E-state index < -0.39 is 0 Å². The second kappa shape index (κ2) is 6.84. The van der Waals surface area contributed by atoms with Gasteiger partial charge in [-0.3, -0.25) is 4.79 Å². The Morgan fingerprint density at radius 1 is 1.19 bits per heavy atom.